The predicted octanol–water partition coefficient (Wildman–Crippen LogP) is 0.740. The average molecular weight is 302 g/mol. The minimum atomic E-state index is -3.84. The Balaban J connectivity index is 3.21. The highest BCUT2D eigenvalue weighted by atomic mass is 32.2. The first-order valence-corrected chi connectivity index (χ1v) is 7.36. The Kier molecular flexibility index (Phi) is 5.49. The molecule has 0 aliphatic rings. The summed E-state index contributed by atoms with van der Waals surface area (Å²) in [5, 5.41) is 11.7. The van der Waals surface area contributed by atoms with Crippen LogP contribution in [0.3, 0.4) is 0 Å². The van der Waals surface area contributed by atoms with Gasteiger partial charge in [0.2, 0.25) is 10.0 Å². The van der Waals surface area contributed by atoms with Crippen LogP contribution in [0.25, 0.3) is 0 Å². The smallest absolute Gasteiger partial charge is 0.335 e. The molecule has 8 heteroatoms. The number of methoxy groups -OCH3 is 1. The number of hydrogen-bond acceptors (Lipinski definition) is 5. The molecule has 1 rings (SSSR count). The van der Waals surface area contributed by atoms with Crippen LogP contribution in [0.15, 0.2) is 23.1 Å². The SMILES string of the molecule is CNc1ccc(C(=O)O)cc1S(=O)(=O)N[C@H](C)COC. The minimum absolute atomic E-state index is 0.0937. The second-order valence-corrected chi connectivity index (χ2v) is 5.93. The maximum atomic E-state index is 12.3. The Hall–Kier alpha value is -1.64. The first kappa shape index (κ1) is 16.4. The van der Waals surface area contributed by atoms with Crippen molar-refractivity contribution in [2.45, 2.75) is 17.9 Å². The van der Waals surface area contributed by atoms with Crippen LogP contribution in [0, 0.1) is 0 Å². The molecule has 0 unspecified atom stereocenters. The summed E-state index contributed by atoms with van der Waals surface area (Å²) in [5.41, 5.74) is 0.232. The molecule has 20 heavy (non-hydrogen) atoms. The summed E-state index contributed by atoms with van der Waals surface area (Å²) in [6.07, 6.45) is 0. The number of nitrogens with one attached hydrogen (secondary N) is 2. The lowest BCUT2D eigenvalue weighted by molar-refractivity contribution is 0.0696. The molecule has 0 aromatic heterocycles. The predicted molar refractivity (Wildman–Crippen MR) is 74.6 cm³/mol. The number of aromatic carboxylic acids is 1. The maximum Gasteiger partial charge on any atom is 0.335 e. The third kappa shape index (κ3) is 3.92. The summed E-state index contributed by atoms with van der Waals surface area (Å²) < 4.78 is 31.8. The zero-order valence-corrected chi connectivity index (χ0v) is 12.3. The highest BCUT2D eigenvalue weighted by Gasteiger charge is 2.22. The molecule has 112 valence electrons. The van der Waals surface area contributed by atoms with Crippen LogP contribution >= 0.6 is 0 Å². The number of hydrogen-bond donors (Lipinski definition) is 3. The molecule has 0 saturated carbocycles. The molecule has 0 amide bonds. The van der Waals surface area contributed by atoms with Crippen LogP contribution in [0.4, 0.5) is 5.69 Å². The monoisotopic (exact) mass is 302 g/mol. The summed E-state index contributed by atoms with van der Waals surface area (Å²) in [4.78, 5) is 10.8. The summed E-state index contributed by atoms with van der Waals surface area (Å²) >= 11 is 0. The number of ether oxygens (including phenoxy) is 1. The molecular formula is C12H18N2O5S. The Morgan fingerprint density at radius 3 is 2.60 bits per heavy atom. The van der Waals surface area contributed by atoms with Crippen molar-refractivity contribution in [3.05, 3.63) is 23.8 Å². The van der Waals surface area contributed by atoms with Gasteiger partial charge in [-0.2, -0.15) is 0 Å². The van der Waals surface area contributed by atoms with Crippen LogP contribution < -0.4 is 10.0 Å². The van der Waals surface area contributed by atoms with Gasteiger partial charge in [-0.3, -0.25) is 0 Å². The Bertz CT molecular complexity index is 586. The van der Waals surface area contributed by atoms with Gasteiger partial charge in [0.1, 0.15) is 4.90 Å². The average Bonchev–Trinajstić information content (AvgIpc) is 2.37. The fraction of sp³-hybridized carbons (Fsp3) is 0.417. The molecule has 1 atom stereocenters. The second-order valence-electron chi connectivity index (χ2n) is 4.24. The Morgan fingerprint density at radius 1 is 1.45 bits per heavy atom. The van der Waals surface area contributed by atoms with Gasteiger partial charge >= 0.3 is 5.97 Å². The van der Waals surface area contributed by atoms with Crippen molar-refractivity contribution < 1.29 is 23.1 Å². The lowest BCUT2D eigenvalue weighted by Crippen LogP contribution is -2.36. The summed E-state index contributed by atoms with van der Waals surface area (Å²) in [7, 11) is -0.806. The number of benzene rings is 1. The molecule has 1 aromatic carbocycles. The van der Waals surface area contributed by atoms with E-state index in [9.17, 15) is 13.2 Å². The Morgan fingerprint density at radius 2 is 2.10 bits per heavy atom. The lowest BCUT2D eigenvalue weighted by atomic mass is 10.2. The topological polar surface area (TPSA) is 105 Å². The van der Waals surface area contributed by atoms with E-state index in [2.05, 4.69) is 10.0 Å². The summed E-state index contributed by atoms with van der Waals surface area (Å²) in [6.45, 7) is 1.87. The first-order chi connectivity index (χ1) is 9.31. The minimum Gasteiger partial charge on any atom is -0.478 e. The first-order valence-electron chi connectivity index (χ1n) is 5.88. The van der Waals surface area contributed by atoms with E-state index in [0.717, 1.165) is 6.07 Å². The third-order valence-corrected chi connectivity index (χ3v) is 4.19. The van der Waals surface area contributed by atoms with E-state index < -0.39 is 22.0 Å². The standard InChI is InChI=1S/C12H18N2O5S/c1-8(7-19-3)14-20(17,18)11-6-9(12(15)16)4-5-10(11)13-2/h4-6,8,13-14H,7H2,1-3H3,(H,15,16)/t8-/m1/s1. The van der Waals surface area contributed by atoms with Gasteiger partial charge in [0.05, 0.1) is 17.9 Å². The molecule has 0 saturated heterocycles. The van der Waals surface area contributed by atoms with Crippen molar-refractivity contribution in [2.24, 2.45) is 0 Å². The molecule has 3 N–H and O–H groups in total. The fourth-order valence-corrected chi connectivity index (χ4v) is 3.16. The van der Waals surface area contributed by atoms with Gasteiger partial charge < -0.3 is 15.2 Å². The van der Waals surface area contributed by atoms with E-state index in [-0.39, 0.29) is 17.1 Å². The van der Waals surface area contributed by atoms with Gasteiger partial charge in [-0.05, 0) is 25.1 Å². The summed E-state index contributed by atoms with van der Waals surface area (Å²) in [5.74, 6) is -1.19. The number of rotatable bonds is 7. The molecule has 1 aromatic rings. The van der Waals surface area contributed by atoms with E-state index in [1.807, 2.05) is 0 Å². The fourth-order valence-electron chi connectivity index (χ4n) is 1.70. The third-order valence-electron chi connectivity index (χ3n) is 2.56. The number of sulfonamides is 1. The van der Waals surface area contributed by atoms with Gasteiger partial charge in [-0.1, -0.05) is 0 Å². The largest absolute Gasteiger partial charge is 0.478 e. The van der Waals surface area contributed by atoms with E-state index >= 15 is 0 Å². The van der Waals surface area contributed by atoms with Gasteiger partial charge in [-0.25, -0.2) is 17.9 Å². The highest BCUT2D eigenvalue weighted by Crippen LogP contribution is 2.22. The van der Waals surface area contributed by atoms with Crippen molar-refractivity contribution in [1.82, 2.24) is 4.72 Å². The molecule has 0 aliphatic heterocycles. The Labute approximate surface area is 118 Å². The van der Waals surface area contributed by atoms with Crippen molar-refractivity contribution in [2.75, 3.05) is 26.1 Å². The number of carboxylic acid groups (broad SMARTS) is 1. The van der Waals surface area contributed by atoms with Gasteiger partial charge in [0, 0.05) is 20.2 Å². The van der Waals surface area contributed by atoms with Crippen molar-refractivity contribution in [3.63, 3.8) is 0 Å². The molecular weight excluding hydrogens is 284 g/mol. The van der Waals surface area contributed by atoms with E-state index in [1.165, 1.54) is 19.2 Å². The molecule has 0 aliphatic carbocycles. The van der Waals surface area contributed by atoms with Gasteiger partial charge in [0.15, 0.2) is 0 Å². The van der Waals surface area contributed by atoms with Crippen LogP contribution in [0.1, 0.15) is 17.3 Å². The molecule has 0 bridgehead atoms. The molecule has 0 heterocycles. The van der Waals surface area contributed by atoms with Crippen LogP contribution in [-0.2, 0) is 14.8 Å². The van der Waals surface area contributed by atoms with Crippen molar-refractivity contribution in [1.29, 1.82) is 0 Å². The maximum absolute atomic E-state index is 12.3. The quantitative estimate of drug-likeness (QED) is 0.686. The van der Waals surface area contributed by atoms with Crippen LogP contribution in [0.5, 0.6) is 0 Å². The zero-order valence-electron chi connectivity index (χ0n) is 11.5. The number of carboxylic acids is 1. The van der Waals surface area contributed by atoms with Gasteiger partial charge in [0.25, 0.3) is 0 Å². The highest BCUT2D eigenvalue weighted by molar-refractivity contribution is 7.89. The normalized spacial score (nSPS) is 12.9. The van der Waals surface area contributed by atoms with Crippen LogP contribution in [-0.4, -0.2) is 46.3 Å². The molecule has 7 nitrogen and oxygen atoms in total. The summed E-state index contributed by atoms with van der Waals surface area (Å²) in [6, 6.07) is 3.45. The van der Waals surface area contributed by atoms with Gasteiger partial charge in [-0.15, -0.1) is 0 Å². The molecule has 0 spiro atoms. The van der Waals surface area contributed by atoms with Crippen molar-refractivity contribution in [3.8, 4) is 0 Å². The van der Waals surface area contributed by atoms with Crippen molar-refractivity contribution >= 4 is 21.7 Å². The van der Waals surface area contributed by atoms with E-state index in [1.54, 1.807) is 14.0 Å². The zero-order chi connectivity index (χ0) is 15.3. The molecule has 0 radical (unpaired) electrons. The molecule has 0 fully saturated rings. The number of carbonyl (C=O) groups is 1. The number of anilines is 1. The second kappa shape index (κ2) is 6.69. The van der Waals surface area contributed by atoms with Crippen LogP contribution in [0.2, 0.25) is 0 Å². The van der Waals surface area contributed by atoms with E-state index in [0.29, 0.717) is 5.69 Å². The lowest BCUT2D eigenvalue weighted by Gasteiger charge is -2.16. The van der Waals surface area contributed by atoms with E-state index in [4.69, 9.17) is 9.84 Å².